The molecule has 1 unspecified atom stereocenters. The van der Waals surface area contributed by atoms with E-state index in [0.717, 1.165) is 27.0 Å². The summed E-state index contributed by atoms with van der Waals surface area (Å²) in [4.78, 5) is 9.64. The molecule has 4 heteroatoms. The summed E-state index contributed by atoms with van der Waals surface area (Å²) in [5.74, 6) is 0. The van der Waals surface area contributed by atoms with E-state index in [0.29, 0.717) is 6.42 Å². The minimum absolute atomic E-state index is 0.565. The molecule has 1 N–H and O–H groups in total. The van der Waals surface area contributed by atoms with Crippen LogP contribution in [-0.2, 0) is 6.42 Å². The number of rotatable bonds is 3. The summed E-state index contributed by atoms with van der Waals surface area (Å²) in [5, 5.41) is 11.4. The number of thiazole rings is 1. The number of benzene rings is 1. The van der Waals surface area contributed by atoms with Gasteiger partial charge in [0.05, 0.1) is 16.7 Å². The average Bonchev–Trinajstić information content (AvgIpc) is 2.91. The van der Waals surface area contributed by atoms with Crippen molar-refractivity contribution in [3.63, 3.8) is 0 Å². The molecular weight excluding hydrogens is 256 g/mol. The van der Waals surface area contributed by atoms with Gasteiger partial charge in [0.2, 0.25) is 0 Å². The summed E-state index contributed by atoms with van der Waals surface area (Å²) in [5.41, 5.74) is 4.58. The lowest BCUT2D eigenvalue weighted by Gasteiger charge is -2.11. The van der Waals surface area contributed by atoms with Crippen LogP contribution in [0.1, 0.15) is 22.2 Å². The van der Waals surface area contributed by atoms with E-state index in [2.05, 4.69) is 16.0 Å². The Balaban J connectivity index is 1.96. The Morgan fingerprint density at radius 3 is 2.95 bits per heavy atom. The van der Waals surface area contributed by atoms with Crippen LogP contribution in [0.25, 0.3) is 10.9 Å². The van der Waals surface area contributed by atoms with Crippen LogP contribution >= 0.6 is 11.3 Å². The number of fused-ring (bicyclic) bond motifs is 1. The summed E-state index contributed by atoms with van der Waals surface area (Å²) in [6, 6.07) is 9.97. The number of pyridine rings is 1. The number of nitrogens with zero attached hydrogens (tertiary/aromatic N) is 2. The van der Waals surface area contributed by atoms with Gasteiger partial charge in [-0.15, -0.1) is 11.3 Å². The summed E-state index contributed by atoms with van der Waals surface area (Å²) < 4.78 is 0. The Labute approximate surface area is 115 Å². The standard InChI is InChI=1S/C15H14N2OS/c1-10-6-14(15(18)7-11-8-16-9-19-11)17-13-5-3-2-4-12(10)13/h2-6,8-9,15,18H,7H2,1H3. The second-order valence-corrected chi connectivity index (χ2v) is 5.54. The van der Waals surface area contributed by atoms with Crippen LogP contribution in [-0.4, -0.2) is 15.1 Å². The molecule has 1 aromatic carbocycles. The second kappa shape index (κ2) is 5.07. The van der Waals surface area contributed by atoms with Gasteiger partial charge in [-0.2, -0.15) is 0 Å². The van der Waals surface area contributed by atoms with Gasteiger partial charge in [0.25, 0.3) is 0 Å². The molecule has 2 aromatic heterocycles. The van der Waals surface area contributed by atoms with Crippen molar-refractivity contribution >= 4 is 22.2 Å². The molecule has 0 radical (unpaired) electrons. The summed E-state index contributed by atoms with van der Waals surface area (Å²) in [7, 11) is 0. The molecule has 0 bridgehead atoms. The smallest absolute Gasteiger partial charge is 0.101 e. The zero-order valence-electron chi connectivity index (χ0n) is 10.6. The number of aryl methyl sites for hydroxylation is 1. The predicted octanol–water partition coefficient (Wildman–Crippen LogP) is 3.28. The van der Waals surface area contributed by atoms with Gasteiger partial charge in [0.15, 0.2) is 0 Å². The first-order chi connectivity index (χ1) is 9.24. The molecule has 0 fully saturated rings. The molecule has 2 heterocycles. The van der Waals surface area contributed by atoms with Gasteiger partial charge in [-0.3, -0.25) is 9.97 Å². The van der Waals surface area contributed by atoms with E-state index in [-0.39, 0.29) is 0 Å². The van der Waals surface area contributed by atoms with Crippen LogP contribution in [0.2, 0.25) is 0 Å². The van der Waals surface area contributed by atoms with Crippen LogP contribution in [0, 0.1) is 6.92 Å². The van der Waals surface area contributed by atoms with E-state index in [9.17, 15) is 5.11 Å². The quantitative estimate of drug-likeness (QED) is 0.794. The third kappa shape index (κ3) is 2.50. The maximum Gasteiger partial charge on any atom is 0.101 e. The molecule has 0 saturated heterocycles. The molecule has 1 atom stereocenters. The Hall–Kier alpha value is -1.78. The van der Waals surface area contributed by atoms with E-state index in [1.165, 1.54) is 0 Å². The third-order valence-electron chi connectivity index (χ3n) is 3.16. The zero-order valence-corrected chi connectivity index (χ0v) is 11.4. The number of hydrogen-bond donors (Lipinski definition) is 1. The van der Waals surface area contributed by atoms with Crippen molar-refractivity contribution in [1.29, 1.82) is 0 Å². The van der Waals surface area contributed by atoms with E-state index in [1.54, 1.807) is 23.0 Å². The molecular formula is C15H14N2OS. The lowest BCUT2D eigenvalue weighted by molar-refractivity contribution is 0.175. The fourth-order valence-corrected chi connectivity index (χ4v) is 2.82. The van der Waals surface area contributed by atoms with Crippen LogP contribution in [0.15, 0.2) is 42.0 Å². The normalized spacial score (nSPS) is 12.7. The number of aromatic nitrogens is 2. The van der Waals surface area contributed by atoms with Crippen molar-refractivity contribution < 1.29 is 5.11 Å². The van der Waals surface area contributed by atoms with Crippen molar-refractivity contribution in [1.82, 2.24) is 9.97 Å². The van der Waals surface area contributed by atoms with E-state index < -0.39 is 6.10 Å². The maximum absolute atomic E-state index is 10.3. The third-order valence-corrected chi connectivity index (χ3v) is 3.96. The van der Waals surface area contributed by atoms with Gasteiger partial charge < -0.3 is 5.11 Å². The monoisotopic (exact) mass is 270 g/mol. The predicted molar refractivity (Wildman–Crippen MR) is 77.3 cm³/mol. The van der Waals surface area contributed by atoms with Gasteiger partial charge in [0, 0.05) is 22.9 Å². The largest absolute Gasteiger partial charge is 0.386 e. The molecule has 96 valence electrons. The van der Waals surface area contributed by atoms with Crippen LogP contribution in [0.5, 0.6) is 0 Å². The minimum atomic E-state index is -0.580. The number of hydrogen-bond acceptors (Lipinski definition) is 4. The first-order valence-electron chi connectivity index (χ1n) is 6.16. The van der Waals surface area contributed by atoms with E-state index in [1.807, 2.05) is 31.2 Å². The minimum Gasteiger partial charge on any atom is -0.386 e. The van der Waals surface area contributed by atoms with Gasteiger partial charge in [-0.05, 0) is 24.6 Å². The summed E-state index contributed by atoms with van der Waals surface area (Å²) in [6.07, 6.45) is 1.78. The van der Waals surface area contributed by atoms with Gasteiger partial charge >= 0.3 is 0 Å². The van der Waals surface area contributed by atoms with E-state index >= 15 is 0 Å². The molecule has 0 amide bonds. The highest BCUT2D eigenvalue weighted by atomic mass is 32.1. The molecule has 0 aliphatic heterocycles. The van der Waals surface area contributed by atoms with Crippen molar-refractivity contribution in [3.05, 3.63) is 58.2 Å². The van der Waals surface area contributed by atoms with Crippen molar-refractivity contribution in [3.8, 4) is 0 Å². The van der Waals surface area contributed by atoms with Gasteiger partial charge in [-0.25, -0.2) is 0 Å². The fourth-order valence-electron chi connectivity index (χ4n) is 2.18. The van der Waals surface area contributed by atoms with Crippen molar-refractivity contribution in [2.45, 2.75) is 19.4 Å². The highest BCUT2D eigenvalue weighted by Crippen LogP contribution is 2.23. The molecule has 0 spiro atoms. The first-order valence-corrected chi connectivity index (χ1v) is 7.04. The Morgan fingerprint density at radius 2 is 2.16 bits per heavy atom. The maximum atomic E-state index is 10.3. The molecule has 0 aliphatic rings. The molecule has 0 saturated carbocycles. The molecule has 0 aliphatic carbocycles. The average molecular weight is 270 g/mol. The Kier molecular flexibility index (Phi) is 3.27. The first kappa shape index (κ1) is 12.3. The number of para-hydroxylation sites is 1. The Morgan fingerprint density at radius 1 is 1.32 bits per heavy atom. The van der Waals surface area contributed by atoms with Crippen LogP contribution in [0.4, 0.5) is 0 Å². The number of aliphatic hydroxyl groups excluding tert-OH is 1. The van der Waals surface area contributed by atoms with Crippen molar-refractivity contribution in [2.75, 3.05) is 0 Å². The molecule has 3 nitrogen and oxygen atoms in total. The molecule has 3 rings (SSSR count). The van der Waals surface area contributed by atoms with Gasteiger partial charge in [0.1, 0.15) is 6.10 Å². The zero-order chi connectivity index (χ0) is 13.2. The van der Waals surface area contributed by atoms with Crippen LogP contribution < -0.4 is 0 Å². The summed E-state index contributed by atoms with van der Waals surface area (Å²) >= 11 is 1.55. The van der Waals surface area contributed by atoms with E-state index in [4.69, 9.17) is 0 Å². The lowest BCUT2D eigenvalue weighted by atomic mass is 10.1. The highest BCUT2D eigenvalue weighted by Gasteiger charge is 2.13. The lowest BCUT2D eigenvalue weighted by Crippen LogP contribution is -2.04. The summed E-state index contributed by atoms with van der Waals surface area (Å²) in [6.45, 7) is 2.05. The highest BCUT2D eigenvalue weighted by molar-refractivity contribution is 7.09. The molecule has 3 aromatic rings. The molecule has 19 heavy (non-hydrogen) atoms. The van der Waals surface area contributed by atoms with Crippen LogP contribution in [0.3, 0.4) is 0 Å². The second-order valence-electron chi connectivity index (χ2n) is 4.57. The Bertz CT molecular complexity index is 694. The fraction of sp³-hybridized carbons (Fsp3) is 0.200. The topological polar surface area (TPSA) is 46.0 Å². The van der Waals surface area contributed by atoms with Crippen molar-refractivity contribution in [2.24, 2.45) is 0 Å². The number of aliphatic hydroxyl groups is 1. The van der Waals surface area contributed by atoms with Gasteiger partial charge in [-0.1, -0.05) is 18.2 Å². The SMILES string of the molecule is Cc1cc(C(O)Cc2cncs2)nc2ccccc12.